The summed E-state index contributed by atoms with van der Waals surface area (Å²) < 4.78 is 5.09. The van der Waals surface area contributed by atoms with Crippen LogP contribution in [0.4, 0.5) is 5.95 Å². The molecule has 0 amide bonds. The first kappa shape index (κ1) is 12.9. The molecular formula is C11H20N4O. The van der Waals surface area contributed by atoms with Crippen LogP contribution in [0.15, 0.2) is 12.4 Å². The Morgan fingerprint density at radius 2 is 2.06 bits per heavy atom. The molecular weight excluding hydrogens is 204 g/mol. The maximum atomic E-state index is 5.46. The normalized spacial score (nSPS) is 12.5. The van der Waals surface area contributed by atoms with E-state index in [0.717, 1.165) is 12.0 Å². The van der Waals surface area contributed by atoms with Crippen LogP contribution in [0.5, 0.6) is 0 Å². The lowest BCUT2D eigenvalue weighted by Crippen LogP contribution is -2.33. The summed E-state index contributed by atoms with van der Waals surface area (Å²) in [5.74, 6) is 0.713. The number of hydrogen-bond acceptors (Lipinski definition) is 5. The summed E-state index contributed by atoms with van der Waals surface area (Å²) in [6, 6.07) is 0.255. The maximum absolute atomic E-state index is 5.46. The molecule has 90 valence electrons. The summed E-state index contributed by atoms with van der Waals surface area (Å²) in [6.45, 7) is 3.35. The van der Waals surface area contributed by atoms with E-state index in [4.69, 9.17) is 10.5 Å². The molecule has 0 aliphatic heterocycles. The van der Waals surface area contributed by atoms with Gasteiger partial charge in [0.1, 0.15) is 0 Å². The van der Waals surface area contributed by atoms with E-state index >= 15 is 0 Å². The number of nitrogens with zero attached hydrogens (tertiary/aromatic N) is 3. The zero-order valence-electron chi connectivity index (χ0n) is 10.2. The lowest BCUT2D eigenvalue weighted by molar-refractivity contribution is 0.183. The van der Waals surface area contributed by atoms with Gasteiger partial charge in [0.25, 0.3) is 0 Å². The van der Waals surface area contributed by atoms with E-state index in [2.05, 4.69) is 16.9 Å². The highest BCUT2D eigenvalue weighted by Gasteiger charge is 2.11. The van der Waals surface area contributed by atoms with Crippen LogP contribution in [0.3, 0.4) is 0 Å². The Kier molecular flexibility index (Phi) is 5.14. The van der Waals surface area contributed by atoms with E-state index in [1.54, 1.807) is 7.11 Å². The third kappa shape index (κ3) is 3.43. The van der Waals surface area contributed by atoms with Crippen LogP contribution in [0, 0.1) is 0 Å². The van der Waals surface area contributed by atoms with Crippen molar-refractivity contribution >= 4 is 5.95 Å². The van der Waals surface area contributed by atoms with Crippen molar-refractivity contribution in [2.24, 2.45) is 5.73 Å². The van der Waals surface area contributed by atoms with Gasteiger partial charge in [-0.25, -0.2) is 9.97 Å². The first-order chi connectivity index (χ1) is 7.69. The van der Waals surface area contributed by atoms with Gasteiger partial charge in [0, 0.05) is 26.6 Å². The maximum Gasteiger partial charge on any atom is 0.225 e. The van der Waals surface area contributed by atoms with Gasteiger partial charge < -0.3 is 15.4 Å². The van der Waals surface area contributed by atoms with Gasteiger partial charge in [0.05, 0.1) is 12.6 Å². The molecule has 0 aliphatic carbocycles. The molecule has 1 aromatic rings. The van der Waals surface area contributed by atoms with E-state index in [-0.39, 0.29) is 6.04 Å². The average molecular weight is 224 g/mol. The first-order valence-corrected chi connectivity index (χ1v) is 5.41. The van der Waals surface area contributed by atoms with Gasteiger partial charge >= 0.3 is 0 Å². The Morgan fingerprint density at radius 1 is 1.44 bits per heavy atom. The number of methoxy groups -OCH3 is 1. The predicted molar refractivity (Wildman–Crippen MR) is 64.5 cm³/mol. The van der Waals surface area contributed by atoms with Gasteiger partial charge in [-0.15, -0.1) is 0 Å². The number of ether oxygens (including phenoxy) is 1. The minimum atomic E-state index is 0.255. The van der Waals surface area contributed by atoms with Crippen molar-refractivity contribution in [2.75, 3.05) is 32.2 Å². The molecule has 1 atom stereocenters. The van der Waals surface area contributed by atoms with Crippen molar-refractivity contribution in [3.8, 4) is 0 Å². The summed E-state index contributed by atoms with van der Waals surface area (Å²) in [4.78, 5) is 10.6. The standard InChI is InChI=1S/C11H20N4O/c1-9(8-16-3)15(2)11-13-6-10(4-5-12)7-14-11/h6-7,9H,4-5,8,12H2,1-3H3. The highest BCUT2D eigenvalue weighted by Crippen LogP contribution is 2.08. The molecule has 1 aromatic heterocycles. The quantitative estimate of drug-likeness (QED) is 0.760. The van der Waals surface area contributed by atoms with Crippen LogP contribution in [0.2, 0.25) is 0 Å². The molecule has 0 fully saturated rings. The summed E-state index contributed by atoms with van der Waals surface area (Å²) in [5, 5.41) is 0. The average Bonchev–Trinajstić information content (AvgIpc) is 2.30. The number of hydrogen-bond donors (Lipinski definition) is 1. The molecule has 1 heterocycles. The Morgan fingerprint density at radius 3 is 2.56 bits per heavy atom. The molecule has 0 bridgehead atoms. The zero-order chi connectivity index (χ0) is 12.0. The molecule has 1 unspecified atom stereocenters. The van der Waals surface area contributed by atoms with Crippen molar-refractivity contribution in [3.63, 3.8) is 0 Å². The van der Waals surface area contributed by atoms with Crippen LogP contribution in [-0.4, -0.2) is 43.3 Å². The molecule has 0 aliphatic rings. The predicted octanol–water partition coefficient (Wildman–Crippen LogP) is 0.449. The molecule has 5 nitrogen and oxygen atoms in total. The van der Waals surface area contributed by atoms with Crippen molar-refractivity contribution in [1.82, 2.24) is 9.97 Å². The number of nitrogens with two attached hydrogens (primary N) is 1. The van der Waals surface area contributed by atoms with Crippen molar-refractivity contribution in [2.45, 2.75) is 19.4 Å². The fourth-order valence-corrected chi connectivity index (χ4v) is 1.38. The van der Waals surface area contributed by atoms with Gasteiger partial charge in [0.15, 0.2) is 0 Å². The molecule has 0 saturated carbocycles. The molecule has 5 heteroatoms. The van der Waals surface area contributed by atoms with Crippen LogP contribution in [0.1, 0.15) is 12.5 Å². The number of anilines is 1. The summed E-state index contributed by atoms with van der Waals surface area (Å²) in [7, 11) is 3.65. The van der Waals surface area contributed by atoms with Gasteiger partial charge in [-0.1, -0.05) is 0 Å². The highest BCUT2D eigenvalue weighted by atomic mass is 16.5. The van der Waals surface area contributed by atoms with Crippen LogP contribution < -0.4 is 10.6 Å². The van der Waals surface area contributed by atoms with E-state index in [1.807, 2.05) is 24.3 Å². The molecule has 0 radical (unpaired) electrons. The molecule has 0 spiro atoms. The minimum absolute atomic E-state index is 0.255. The molecule has 0 saturated heterocycles. The first-order valence-electron chi connectivity index (χ1n) is 5.41. The van der Waals surface area contributed by atoms with Crippen molar-refractivity contribution in [1.29, 1.82) is 0 Å². The largest absolute Gasteiger partial charge is 0.383 e. The molecule has 2 N–H and O–H groups in total. The summed E-state index contributed by atoms with van der Waals surface area (Å²) in [6.07, 6.45) is 4.47. The number of likely N-dealkylation sites (N-methyl/N-ethyl adjacent to an activating group) is 1. The third-order valence-corrected chi connectivity index (χ3v) is 2.51. The van der Waals surface area contributed by atoms with E-state index in [1.165, 1.54) is 0 Å². The Hall–Kier alpha value is -1.20. The van der Waals surface area contributed by atoms with Gasteiger partial charge in [-0.3, -0.25) is 0 Å². The van der Waals surface area contributed by atoms with E-state index in [9.17, 15) is 0 Å². The highest BCUT2D eigenvalue weighted by molar-refractivity contribution is 5.29. The van der Waals surface area contributed by atoms with Crippen molar-refractivity contribution < 1.29 is 4.74 Å². The second-order valence-corrected chi connectivity index (χ2v) is 3.85. The summed E-state index contributed by atoms with van der Waals surface area (Å²) >= 11 is 0. The third-order valence-electron chi connectivity index (χ3n) is 2.51. The molecule has 16 heavy (non-hydrogen) atoms. The van der Waals surface area contributed by atoms with Gasteiger partial charge in [-0.2, -0.15) is 0 Å². The Labute approximate surface area is 96.6 Å². The number of aromatic nitrogens is 2. The Bertz CT molecular complexity index is 301. The fraction of sp³-hybridized carbons (Fsp3) is 0.636. The van der Waals surface area contributed by atoms with Crippen molar-refractivity contribution in [3.05, 3.63) is 18.0 Å². The smallest absolute Gasteiger partial charge is 0.225 e. The fourth-order valence-electron chi connectivity index (χ4n) is 1.38. The second-order valence-electron chi connectivity index (χ2n) is 3.85. The lowest BCUT2D eigenvalue weighted by Gasteiger charge is -2.24. The topological polar surface area (TPSA) is 64.3 Å². The van der Waals surface area contributed by atoms with Crippen LogP contribution >= 0.6 is 0 Å². The minimum Gasteiger partial charge on any atom is -0.383 e. The summed E-state index contributed by atoms with van der Waals surface area (Å²) in [5.41, 5.74) is 6.53. The SMILES string of the molecule is COCC(C)N(C)c1ncc(CCN)cn1. The van der Waals surface area contributed by atoms with E-state index in [0.29, 0.717) is 19.1 Å². The Balaban J connectivity index is 2.65. The van der Waals surface area contributed by atoms with E-state index < -0.39 is 0 Å². The van der Waals surface area contributed by atoms with Crippen LogP contribution in [-0.2, 0) is 11.2 Å². The molecule has 0 aromatic carbocycles. The van der Waals surface area contributed by atoms with Gasteiger partial charge in [0.2, 0.25) is 5.95 Å². The second kappa shape index (κ2) is 6.40. The van der Waals surface area contributed by atoms with Crippen LogP contribution in [0.25, 0.3) is 0 Å². The monoisotopic (exact) mass is 224 g/mol. The van der Waals surface area contributed by atoms with Gasteiger partial charge in [-0.05, 0) is 25.5 Å². The molecule has 1 rings (SSSR count). The number of rotatable bonds is 6. The zero-order valence-corrected chi connectivity index (χ0v) is 10.2. The lowest BCUT2D eigenvalue weighted by atomic mass is 10.2.